The molecule has 0 aromatic heterocycles. The first-order valence-corrected chi connectivity index (χ1v) is 6.20. The Kier molecular flexibility index (Phi) is 8.43. The van der Waals surface area contributed by atoms with Gasteiger partial charge in [-0.25, -0.2) is 0 Å². The topological polar surface area (TPSA) is 55.6 Å². The average Bonchev–Trinajstić information content (AvgIpc) is 2.31. The highest BCUT2D eigenvalue weighted by molar-refractivity contribution is 5.85. The Bertz CT molecular complexity index is 189. The van der Waals surface area contributed by atoms with Gasteiger partial charge in [-0.2, -0.15) is 0 Å². The third-order valence-electron chi connectivity index (χ3n) is 2.49. The first kappa shape index (κ1) is 15.6. The molecule has 0 spiro atoms. The molecular weight excluding hydrogens is 204 g/mol. The third-order valence-corrected chi connectivity index (χ3v) is 2.49. The number of ether oxygens (including phenoxy) is 1. The monoisotopic (exact) mass is 230 g/mol. The van der Waals surface area contributed by atoms with E-state index in [4.69, 9.17) is 10.5 Å². The van der Waals surface area contributed by atoms with Crippen molar-refractivity contribution in [1.29, 1.82) is 0 Å². The van der Waals surface area contributed by atoms with Gasteiger partial charge in [0.05, 0.1) is 19.3 Å². The summed E-state index contributed by atoms with van der Waals surface area (Å²) in [5.74, 6) is 0.183. The maximum atomic E-state index is 11.5. The lowest BCUT2D eigenvalue weighted by molar-refractivity contribution is -0.123. The van der Waals surface area contributed by atoms with Gasteiger partial charge in [-0.15, -0.1) is 0 Å². The van der Waals surface area contributed by atoms with Crippen LogP contribution in [0.15, 0.2) is 0 Å². The van der Waals surface area contributed by atoms with Crippen molar-refractivity contribution in [3.8, 4) is 0 Å². The van der Waals surface area contributed by atoms with Gasteiger partial charge in [0.1, 0.15) is 0 Å². The smallest absolute Gasteiger partial charge is 0.153 e. The zero-order chi connectivity index (χ0) is 12.6. The molecule has 0 bridgehead atoms. The maximum absolute atomic E-state index is 11.5. The van der Waals surface area contributed by atoms with Gasteiger partial charge in [0.2, 0.25) is 0 Å². The Labute approximate surface area is 99.1 Å². The molecular formula is C12H26N2O2. The molecule has 0 radical (unpaired) electrons. The number of carbonyl (C=O) groups excluding carboxylic acids is 1. The van der Waals surface area contributed by atoms with Gasteiger partial charge in [-0.05, 0) is 0 Å². The van der Waals surface area contributed by atoms with E-state index in [-0.39, 0.29) is 17.7 Å². The van der Waals surface area contributed by atoms with Crippen LogP contribution in [0.4, 0.5) is 0 Å². The van der Waals surface area contributed by atoms with Crippen LogP contribution in [0.5, 0.6) is 0 Å². The van der Waals surface area contributed by atoms with Crippen LogP contribution in [0.25, 0.3) is 0 Å². The van der Waals surface area contributed by atoms with Crippen molar-refractivity contribution in [2.45, 2.75) is 33.7 Å². The van der Waals surface area contributed by atoms with Crippen molar-refractivity contribution in [3.63, 3.8) is 0 Å². The molecule has 4 heteroatoms. The number of carbonyl (C=O) groups is 1. The Morgan fingerprint density at radius 3 is 2.25 bits per heavy atom. The molecule has 0 aliphatic carbocycles. The average molecular weight is 230 g/mol. The SMILES string of the molecule is CC.CC(C)C(=O)C(N)CN1CCOCC1. The van der Waals surface area contributed by atoms with Crippen LogP contribution in [0.3, 0.4) is 0 Å². The van der Waals surface area contributed by atoms with E-state index >= 15 is 0 Å². The summed E-state index contributed by atoms with van der Waals surface area (Å²) in [6, 6.07) is -0.340. The van der Waals surface area contributed by atoms with Gasteiger partial charge >= 0.3 is 0 Å². The first-order chi connectivity index (χ1) is 7.61. The van der Waals surface area contributed by atoms with Crippen LogP contribution in [-0.4, -0.2) is 49.6 Å². The molecule has 1 saturated heterocycles. The summed E-state index contributed by atoms with van der Waals surface area (Å²) in [7, 11) is 0. The van der Waals surface area contributed by atoms with Crippen molar-refractivity contribution in [3.05, 3.63) is 0 Å². The zero-order valence-corrected chi connectivity index (χ0v) is 11.0. The largest absolute Gasteiger partial charge is 0.379 e. The fourth-order valence-electron chi connectivity index (χ4n) is 1.58. The number of Topliss-reactive ketones (excluding diaryl/α,β-unsaturated/α-hetero) is 1. The lowest BCUT2D eigenvalue weighted by Gasteiger charge is -2.28. The summed E-state index contributed by atoms with van der Waals surface area (Å²) < 4.78 is 5.22. The van der Waals surface area contributed by atoms with Crippen LogP contribution in [0, 0.1) is 5.92 Å². The summed E-state index contributed by atoms with van der Waals surface area (Å²) >= 11 is 0. The normalized spacial score (nSPS) is 18.9. The minimum atomic E-state index is -0.340. The third kappa shape index (κ3) is 5.58. The molecule has 0 aromatic carbocycles. The second kappa shape index (κ2) is 8.67. The number of morpholine rings is 1. The molecule has 0 saturated carbocycles. The Morgan fingerprint density at radius 2 is 1.81 bits per heavy atom. The number of hydrogen-bond donors (Lipinski definition) is 1. The van der Waals surface area contributed by atoms with Crippen LogP contribution >= 0.6 is 0 Å². The van der Waals surface area contributed by atoms with Gasteiger partial charge in [0, 0.05) is 25.6 Å². The summed E-state index contributed by atoms with van der Waals surface area (Å²) in [5.41, 5.74) is 5.82. The van der Waals surface area contributed by atoms with E-state index < -0.39 is 0 Å². The molecule has 2 N–H and O–H groups in total. The minimum absolute atomic E-state index is 0.0334. The zero-order valence-electron chi connectivity index (χ0n) is 11.0. The Balaban J connectivity index is 0.00000106. The van der Waals surface area contributed by atoms with Crippen molar-refractivity contribution in [2.75, 3.05) is 32.8 Å². The van der Waals surface area contributed by atoms with E-state index in [1.165, 1.54) is 0 Å². The van der Waals surface area contributed by atoms with E-state index in [1.807, 2.05) is 27.7 Å². The van der Waals surface area contributed by atoms with Gasteiger partial charge in [-0.3, -0.25) is 9.69 Å². The van der Waals surface area contributed by atoms with Crippen molar-refractivity contribution >= 4 is 5.78 Å². The Morgan fingerprint density at radius 1 is 1.31 bits per heavy atom. The summed E-state index contributed by atoms with van der Waals surface area (Å²) in [6.07, 6.45) is 0. The second-order valence-corrected chi connectivity index (χ2v) is 4.08. The predicted octanol–water partition coefficient (Wildman–Crippen LogP) is 0.897. The molecule has 0 aromatic rings. The highest BCUT2D eigenvalue weighted by Crippen LogP contribution is 2.02. The maximum Gasteiger partial charge on any atom is 0.153 e. The molecule has 1 unspecified atom stereocenters. The van der Waals surface area contributed by atoms with E-state index in [1.54, 1.807) is 0 Å². The minimum Gasteiger partial charge on any atom is -0.379 e. The summed E-state index contributed by atoms with van der Waals surface area (Å²) in [5, 5.41) is 0. The molecule has 4 nitrogen and oxygen atoms in total. The summed E-state index contributed by atoms with van der Waals surface area (Å²) in [4.78, 5) is 13.7. The molecule has 1 aliphatic rings. The molecule has 1 aliphatic heterocycles. The fraction of sp³-hybridized carbons (Fsp3) is 0.917. The van der Waals surface area contributed by atoms with Crippen LogP contribution in [0.2, 0.25) is 0 Å². The molecule has 16 heavy (non-hydrogen) atoms. The van der Waals surface area contributed by atoms with Gasteiger partial charge in [0.25, 0.3) is 0 Å². The number of ketones is 1. The molecule has 0 amide bonds. The van der Waals surface area contributed by atoms with E-state index in [2.05, 4.69) is 4.90 Å². The van der Waals surface area contributed by atoms with Gasteiger partial charge in [0.15, 0.2) is 5.78 Å². The molecule has 96 valence electrons. The van der Waals surface area contributed by atoms with Crippen LogP contribution in [-0.2, 0) is 9.53 Å². The molecule has 1 atom stereocenters. The number of nitrogens with two attached hydrogens (primary N) is 1. The quantitative estimate of drug-likeness (QED) is 0.779. The lowest BCUT2D eigenvalue weighted by Crippen LogP contribution is -2.47. The van der Waals surface area contributed by atoms with Gasteiger partial charge in [-0.1, -0.05) is 27.7 Å². The van der Waals surface area contributed by atoms with Crippen LogP contribution < -0.4 is 5.73 Å². The fourth-order valence-corrected chi connectivity index (χ4v) is 1.58. The van der Waals surface area contributed by atoms with E-state index in [0.717, 1.165) is 26.3 Å². The first-order valence-electron chi connectivity index (χ1n) is 6.20. The lowest BCUT2D eigenvalue weighted by atomic mass is 10.0. The second-order valence-electron chi connectivity index (χ2n) is 4.08. The predicted molar refractivity (Wildman–Crippen MR) is 66.4 cm³/mol. The number of nitrogens with zero attached hydrogens (tertiary/aromatic N) is 1. The van der Waals surface area contributed by atoms with Crippen molar-refractivity contribution in [1.82, 2.24) is 4.90 Å². The Hall–Kier alpha value is -0.450. The highest BCUT2D eigenvalue weighted by Gasteiger charge is 2.20. The van der Waals surface area contributed by atoms with Crippen molar-refractivity contribution < 1.29 is 9.53 Å². The standard InChI is InChI=1S/C10H20N2O2.C2H6/c1-8(2)10(13)9(11)7-12-3-5-14-6-4-12;1-2/h8-9H,3-7,11H2,1-2H3;1-2H3. The van der Waals surface area contributed by atoms with Gasteiger partial charge < -0.3 is 10.5 Å². The molecule has 1 fully saturated rings. The highest BCUT2D eigenvalue weighted by atomic mass is 16.5. The summed E-state index contributed by atoms with van der Waals surface area (Å²) in [6.45, 7) is 11.7. The van der Waals surface area contributed by atoms with Crippen LogP contribution in [0.1, 0.15) is 27.7 Å². The molecule has 1 rings (SSSR count). The molecule has 1 heterocycles. The number of rotatable bonds is 4. The number of hydrogen-bond acceptors (Lipinski definition) is 4. The van der Waals surface area contributed by atoms with E-state index in [0.29, 0.717) is 6.54 Å². The van der Waals surface area contributed by atoms with Crippen molar-refractivity contribution in [2.24, 2.45) is 11.7 Å². The van der Waals surface area contributed by atoms with E-state index in [9.17, 15) is 4.79 Å².